The Morgan fingerprint density at radius 2 is 1.83 bits per heavy atom. The molecule has 4 heteroatoms. The molecule has 0 saturated carbocycles. The molecule has 1 N–H and O–H groups in total. The van der Waals surface area contributed by atoms with Crippen molar-refractivity contribution in [3.05, 3.63) is 70.8 Å². The molecular formula is C19H20ClNO2. The van der Waals surface area contributed by atoms with Gasteiger partial charge in [0.1, 0.15) is 11.9 Å². The molecule has 120 valence electrons. The van der Waals surface area contributed by atoms with Gasteiger partial charge in [0.05, 0.1) is 0 Å². The Morgan fingerprint density at radius 3 is 2.52 bits per heavy atom. The van der Waals surface area contributed by atoms with Crippen molar-refractivity contribution in [2.45, 2.75) is 26.9 Å². The van der Waals surface area contributed by atoms with Gasteiger partial charge in [-0.25, -0.2) is 0 Å². The van der Waals surface area contributed by atoms with Crippen molar-refractivity contribution in [3.63, 3.8) is 0 Å². The number of halogens is 1. The summed E-state index contributed by atoms with van der Waals surface area (Å²) in [5, 5.41) is 3.51. The van der Waals surface area contributed by atoms with Crippen LogP contribution in [0, 0.1) is 13.8 Å². The third-order valence-corrected chi connectivity index (χ3v) is 3.95. The van der Waals surface area contributed by atoms with E-state index in [-0.39, 0.29) is 12.0 Å². The van der Waals surface area contributed by atoms with E-state index in [0.717, 1.165) is 27.6 Å². The zero-order valence-corrected chi connectivity index (χ0v) is 14.2. The maximum absolute atomic E-state index is 11.9. The second kappa shape index (κ2) is 7.84. The molecule has 0 aliphatic rings. The Balaban J connectivity index is 1.95. The standard InChI is InChI=1S/C19H20ClNO2/c1-13(23-18-11-10-17(20)14(2)15(18)3)9-12-19(22)21-16-7-5-4-6-8-16/h4-13H,1-3H3,(H,21,22). The number of amides is 1. The average Bonchev–Trinajstić information content (AvgIpc) is 2.54. The van der Waals surface area contributed by atoms with Crippen LogP contribution in [0.25, 0.3) is 0 Å². The first-order valence-electron chi connectivity index (χ1n) is 7.44. The van der Waals surface area contributed by atoms with Gasteiger partial charge in [0.15, 0.2) is 0 Å². The fraction of sp³-hybridized carbons (Fsp3) is 0.211. The summed E-state index contributed by atoms with van der Waals surface area (Å²) in [5.74, 6) is 0.586. The Hall–Kier alpha value is -2.26. The number of benzene rings is 2. The number of carbonyl (C=O) groups excluding carboxylic acids is 1. The van der Waals surface area contributed by atoms with Gasteiger partial charge in [-0.1, -0.05) is 29.8 Å². The second-order valence-electron chi connectivity index (χ2n) is 5.33. The topological polar surface area (TPSA) is 38.3 Å². The molecule has 23 heavy (non-hydrogen) atoms. The SMILES string of the molecule is Cc1c(Cl)ccc(OC(C)C=CC(=O)Nc2ccccc2)c1C. The Labute approximate surface area is 141 Å². The highest BCUT2D eigenvalue weighted by Crippen LogP contribution is 2.27. The van der Waals surface area contributed by atoms with Crippen molar-refractivity contribution in [1.82, 2.24) is 0 Å². The fourth-order valence-electron chi connectivity index (χ4n) is 2.06. The van der Waals surface area contributed by atoms with Crippen LogP contribution in [0.2, 0.25) is 5.02 Å². The van der Waals surface area contributed by atoms with Crippen molar-refractivity contribution in [3.8, 4) is 5.75 Å². The van der Waals surface area contributed by atoms with Crippen molar-refractivity contribution in [2.24, 2.45) is 0 Å². The first-order chi connectivity index (χ1) is 11.0. The zero-order valence-electron chi connectivity index (χ0n) is 13.5. The molecule has 0 aliphatic heterocycles. The van der Waals surface area contributed by atoms with Gasteiger partial charge < -0.3 is 10.1 Å². The summed E-state index contributed by atoms with van der Waals surface area (Å²) < 4.78 is 5.86. The van der Waals surface area contributed by atoms with Gasteiger partial charge in [-0.2, -0.15) is 0 Å². The average molecular weight is 330 g/mol. The number of rotatable bonds is 5. The normalized spacial score (nSPS) is 12.2. The molecule has 0 radical (unpaired) electrons. The number of para-hydroxylation sites is 1. The van der Waals surface area contributed by atoms with Crippen LogP contribution in [-0.2, 0) is 4.79 Å². The van der Waals surface area contributed by atoms with Gasteiger partial charge in [-0.3, -0.25) is 4.79 Å². The summed E-state index contributed by atoms with van der Waals surface area (Å²) in [7, 11) is 0. The van der Waals surface area contributed by atoms with Gasteiger partial charge in [0.2, 0.25) is 5.91 Å². The summed E-state index contributed by atoms with van der Waals surface area (Å²) in [4.78, 5) is 11.9. The number of anilines is 1. The molecule has 2 aromatic carbocycles. The molecule has 1 amide bonds. The van der Waals surface area contributed by atoms with E-state index >= 15 is 0 Å². The summed E-state index contributed by atoms with van der Waals surface area (Å²) in [6.07, 6.45) is 2.98. The van der Waals surface area contributed by atoms with E-state index < -0.39 is 0 Å². The van der Waals surface area contributed by atoms with Crippen molar-refractivity contribution in [2.75, 3.05) is 5.32 Å². The van der Waals surface area contributed by atoms with E-state index in [4.69, 9.17) is 16.3 Å². The number of nitrogens with one attached hydrogen (secondary N) is 1. The minimum absolute atomic E-state index is 0.185. The van der Waals surface area contributed by atoms with Gasteiger partial charge in [0, 0.05) is 16.8 Å². The fourth-order valence-corrected chi connectivity index (χ4v) is 2.26. The second-order valence-corrected chi connectivity index (χ2v) is 5.74. The lowest BCUT2D eigenvalue weighted by Crippen LogP contribution is -2.13. The van der Waals surface area contributed by atoms with Gasteiger partial charge in [0.25, 0.3) is 0 Å². The molecule has 0 aliphatic carbocycles. The minimum Gasteiger partial charge on any atom is -0.486 e. The van der Waals surface area contributed by atoms with Crippen LogP contribution in [0.5, 0.6) is 5.75 Å². The van der Waals surface area contributed by atoms with Gasteiger partial charge in [-0.15, -0.1) is 0 Å². The van der Waals surface area contributed by atoms with Crippen molar-refractivity contribution < 1.29 is 9.53 Å². The van der Waals surface area contributed by atoms with Crippen LogP contribution in [0.4, 0.5) is 5.69 Å². The van der Waals surface area contributed by atoms with E-state index in [1.165, 1.54) is 6.08 Å². The Morgan fingerprint density at radius 1 is 1.13 bits per heavy atom. The quantitative estimate of drug-likeness (QED) is 0.791. The van der Waals surface area contributed by atoms with Crippen LogP contribution in [0.15, 0.2) is 54.6 Å². The maximum atomic E-state index is 11.9. The smallest absolute Gasteiger partial charge is 0.248 e. The highest BCUT2D eigenvalue weighted by Gasteiger charge is 2.08. The molecule has 1 atom stereocenters. The van der Waals surface area contributed by atoms with E-state index in [0.29, 0.717) is 0 Å². The number of carbonyl (C=O) groups is 1. The van der Waals surface area contributed by atoms with E-state index in [2.05, 4.69) is 5.32 Å². The summed E-state index contributed by atoms with van der Waals surface area (Å²) >= 11 is 6.08. The van der Waals surface area contributed by atoms with Crippen molar-refractivity contribution >= 4 is 23.2 Å². The van der Waals surface area contributed by atoms with Crippen LogP contribution in [0.3, 0.4) is 0 Å². The third kappa shape index (κ3) is 4.86. The van der Waals surface area contributed by atoms with Gasteiger partial charge >= 0.3 is 0 Å². The first kappa shape index (κ1) is 17.1. The van der Waals surface area contributed by atoms with Crippen molar-refractivity contribution in [1.29, 1.82) is 0 Å². The molecule has 0 spiro atoms. The molecule has 1 unspecified atom stereocenters. The summed E-state index contributed by atoms with van der Waals surface area (Å²) in [5.41, 5.74) is 2.77. The monoisotopic (exact) mass is 329 g/mol. The Kier molecular flexibility index (Phi) is 5.83. The van der Waals surface area contributed by atoms with E-state index in [9.17, 15) is 4.79 Å². The number of ether oxygens (including phenoxy) is 1. The molecule has 0 saturated heterocycles. The Bertz CT molecular complexity index is 711. The molecule has 2 rings (SSSR count). The molecular weight excluding hydrogens is 310 g/mol. The third-order valence-electron chi connectivity index (χ3n) is 3.54. The largest absolute Gasteiger partial charge is 0.486 e. The minimum atomic E-state index is -0.226. The van der Waals surface area contributed by atoms with E-state index in [1.54, 1.807) is 6.08 Å². The zero-order chi connectivity index (χ0) is 16.8. The predicted molar refractivity (Wildman–Crippen MR) is 95.2 cm³/mol. The highest BCUT2D eigenvalue weighted by molar-refractivity contribution is 6.31. The summed E-state index contributed by atoms with van der Waals surface area (Å²) in [6, 6.07) is 13.0. The number of hydrogen-bond donors (Lipinski definition) is 1. The van der Waals surface area contributed by atoms with Crippen LogP contribution in [-0.4, -0.2) is 12.0 Å². The highest BCUT2D eigenvalue weighted by atomic mass is 35.5. The maximum Gasteiger partial charge on any atom is 0.248 e. The predicted octanol–water partition coefficient (Wildman–Crippen LogP) is 4.92. The van der Waals surface area contributed by atoms with Crippen LogP contribution in [0.1, 0.15) is 18.1 Å². The van der Waals surface area contributed by atoms with Crippen LogP contribution < -0.4 is 10.1 Å². The molecule has 0 bridgehead atoms. The molecule has 0 heterocycles. The van der Waals surface area contributed by atoms with Gasteiger partial charge in [-0.05, 0) is 62.2 Å². The lowest BCUT2D eigenvalue weighted by atomic mass is 10.1. The molecule has 0 fully saturated rings. The molecule has 0 aromatic heterocycles. The lowest BCUT2D eigenvalue weighted by Gasteiger charge is -2.15. The lowest BCUT2D eigenvalue weighted by molar-refractivity contribution is -0.111. The molecule has 2 aromatic rings. The van der Waals surface area contributed by atoms with E-state index in [1.807, 2.05) is 63.2 Å². The number of hydrogen-bond acceptors (Lipinski definition) is 2. The first-order valence-corrected chi connectivity index (χ1v) is 7.81. The summed E-state index contributed by atoms with van der Waals surface area (Å²) in [6.45, 7) is 5.81. The molecule has 3 nitrogen and oxygen atoms in total. The van der Waals surface area contributed by atoms with Crippen LogP contribution >= 0.6 is 11.6 Å².